The van der Waals surface area contributed by atoms with E-state index in [-0.39, 0.29) is 0 Å². The van der Waals surface area contributed by atoms with Crippen LogP contribution in [0.3, 0.4) is 0 Å². The molecule has 2 heteroatoms. The third kappa shape index (κ3) is 18.6. The maximum atomic E-state index is 10.5. The minimum absolute atomic E-state index is 0.299. The van der Waals surface area contributed by atoms with E-state index >= 15 is 0 Å². The predicted octanol–water partition coefficient (Wildman–Crippen LogP) is 6.69. The summed E-state index contributed by atoms with van der Waals surface area (Å²) in [7, 11) is 0. The number of carboxylic acids is 1. The summed E-state index contributed by atoms with van der Waals surface area (Å²) in [5, 5.41) is 8.69. The van der Waals surface area contributed by atoms with E-state index in [1.165, 1.54) is 25.7 Å². The first-order chi connectivity index (χ1) is 11.2. The lowest BCUT2D eigenvalue weighted by Crippen LogP contribution is -2.03. The van der Waals surface area contributed by atoms with E-state index in [1.807, 2.05) is 6.92 Å². The average molecular weight is 321 g/mol. The van der Waals surface area contributed by atoms with Crippen LogP contribution in [0.15, 0.2) is 36.5 Å². The van der Waals surface area contributed by atoms with Gasteiger partial charge in [0.2, 0.25) is 0 Å². The van der Waals surface area contributed by atoms with Crippen molar-refractivity contribution in [1.82, 2.24) is 0 Å². The Hall–Kier alpha value is -1.31. The van der Waals surface area contributed by atoms with Crippen LogP contribution in [-0.4, -0.2) is 11.1 Å². The minimum atomic E-state index is -0.681. The summed E-state index contributed by atoms with van der Waals surface area (Å²) in [5.74, 6) is -0.380. The molecule has 23 heavy (non-hydrogen) atoms. The van der Waals surface area contributed by atoms with Crippen molar-refractivity contribution >= 4 is 5.97 Å². The fourth-order valence-corrected chi connectivity index (χ4v) is 2.45. The molecule has 2 nitrogen and oxygen atoms in total. The first-order valence-corrected chi connectivity index (χ1v) is 9.33. The molecule has 0 saturated carbocycles. The summed E-state index contributed by atoms with van der Waals surface area (Å²) in [4.78, 5) is 10.5. The SMILES string of the molecule is CCCCC/C=C\C/C=C\C/C=C\CCCCC(C)CC(=O)O. The van der Waals surface area contributed by atoms with Crippen LogP contribution in [0.1, 0.15) is 84.5 Å². The lowest BCUT2D eigenvalue weighted by Gasteiger charge is -2.06. The van der Waals surface area contributed by atoms with Gasteiger partial charge in [-0.2, -0.15) is 0 Å². The number of hydrogen-bond acceptors (Lipinski definition) is 1. The van der Waals surface area contributed by atoms with Crippen molar-refractivity contribution in [2.45, 2.75) is 84.5 Å². The second kappa shape index (κ2) is 17.1. The van der Waals surface area contributed by atoms with Gasteiger partial charge in [-0.3, -0.25) is 4.79 Å². The minimum Gasteiger partial charge on any atom is -0.481 e. The molecule has 0 spiro atoms. The van der Waals surface area contributed by atoms with Gasteiger partial charge in [0.25, 0.3) is 0 Å². The number of carbonyl (C=O) groups is 1. The van der Waals surface area contributed by atoms with Gasteiger partial charge in [0, 0.05) is 6.42 Å². The molecule has 0 fully saturated rings. The van der Waals surface area contributed by atoms with E-state index in [0.29, 0.717) is 12.3 Å². The zero-order chi connectivity index (χ0) is 17.2. The van der Waals surface area contributed by atoms with Gasteiger partial charge in [0.1, 0.15) is 0 Å². The van der Waals surface area contributed by atoms with Crippen LogP contribution in [0, 0.1) is 5.92 Å². The fraction of sp³-hybridized carbons (Fsp3) is 0.667. The monoisotopic (exact) mass is 320 g/mol. The number of rotatable bonds is 15. The molecule has 1 N–H and O–H groups in total. The third-order valence-electron chi connectivity index (χ3n) is 3.86. The summed E-state index contributed by atoms with van der Waals surface area (Å²) in [5.41, 5.74) is 0. The van der Waals surface area contributed by atoms with Crippen LogP contribution in [0.5, 0.6) is 0 Å². The van der Waals surface area contributed by atoms with Gasteiger partial charge in [-0.05, 0) is 44.4 Å². The standard InChI is InChI=1S/C21H36O2/c1-3-4-5-6-7-8-9-10-11-12-13-14-15-16-17-18-20(2)19-21(22)23/h7-8,10-11,13-14,20H,3-6,9,12,15-19H2,1-2H3,(H,22,23)/b8-7-,11-10-,14-13-. The highest BCUT2D eigenvalue weighted by Crippen LogP contribution is 2.13. The topological polar surface area (TPSA) is 37.3 Å². The summed E-state index contributed by atoms with van der Waals surface area (Å²) in [6.07, 6.45) is 25.4. The highest BCUT2D eigenvalue weighted by molar-refractivity contribution is 5.66. The summed E-state index contributed by atoms with van der Waals surface area (Å²) >= 11 is 0. The zero-order valence-corrected chi connectivity index (χ0v) is 15.2. The Labute approximate surface area is 143 Å². The zero-order valence-electron chi connectivity index (χ0n) is 15.2. The molecule has 0 heterocycles. The van der Waals surface area contributed by atoms with Gasteiger partial charge in [-0.15, -0.1) is 0 Å². The molecule has 0 saturated heterocycles. The number of carboxylic acid groups (broad SMARTS) is 1. The normalized spacial score (nSPS) is 13.5. The Morgan fingerprint density at radius 1 is 0.870 bits per heavy atom. The van der Waals surface area contributed by atoms with Gasteiger partial charge < -0.3 is 5.11 Å². The molecule has 1 atom stereocenters. The Kier molecular flexibility index (Phi) is 16.1. The van der Waals surface area contributed by atoms with Crippen LogP contribution in [0.25, 0.3) is 0 Å². The molecule has 0 aliphatic rings. The second-order valence-electron chi connectivity index (χ2n) is 6.37. The van der Waals surface area contributed by atoms with Crippen LogP contribution < -0.4 is 0 Å². The van der Waals surface area contributed by atoms with Gasteiger partial charge in [-0.1, -0.05) is 76.0 Å². The maximum Gasteiger partial charge on any atom is 0.303 e. The van der Waals surface area contributed by atoms with Crippen LogP contribution in [0.4, 0.5) is 0 Å². The number of allylic oxidation sites excluding steroid dienone is 6. The van der Waals surface area contributed by atoms with Crippen LogP contribution >= 0.6 is 0 Å². The molecule has 0 radical (unpaired) electrons. The average Bonchev–Trinajstić information content (AvgIpc) is 2.50. The van der Waals surface area contributed by atoms with Crippen molar-refractivity contribution in [1.29, 1.82) is 0 Å². The quantitative estimate of drug-likeness (QED) is 0.270. The van der Waals surface area contributed by atoms with Crippen molar-refractivity contribution in [2.75, 3.05) is 0 Å². The van der Waals surface area contributed by atoms with Gasteiger partial charge in [-0.25, -0.2) is 0 Å². The second-order valence-corrected chi connectivity index (χ2v) is 6.37. The van der Waals surface area contributed by atoms with Gasteiger partial charge >= 0.3 is 5.97 Å². The van der Waals surface area contributed by atoms with E-state index < -0.39 is 5.97 Å². The number of unbranched alkanes of at least 4 members (excludes halogenated alkanes) is 5. The largest absolute Gasteiger partial charge is 0.481 e. The Morgan fingerprint density at radius 3 is 1.91 bits per heavy atom. The van der Waals surface area contributed by atoms with Crippen molar-refractivity contribution in [3.05, 3.63) is 36.5 Å². The molecule has 0 bridgehead atoms. The summed E-state index contributed by atoms with van der Waals surface area (Å²) in [6.45, 7) is 4.26. The van der Waals surface area contributed by atoms with Crippen molar-refractivity contribution in [3.8, 4) is 0 Å². The molecule has 0 aromatic carbocycles. The molecular formula is C21H36O2. The molecule has 1 unspecified atom stereocenters. The molecule has 0 rings (SSSR count). The van der Waals surface area contributed by atoms with E-state index in [0.717, 1.165) is 38.5 Å². The Bertz CT molecular complexity index is 353. The molecular weight excluding hydrogens is 284 g/mol. The molecule has 0 amide bonds. The summed E-state index contributed by atoms with van der Waals surface area (Å²) < 4.78 is 0. The first kappa shape index (κ1) is 21.7. The lowest BCUT2D eigenvalue weighted by molar-refractivity contribution is -0.138. The van der Waals surface area contributed by atoms with Crippen LogP contribution in [-0.2, 0) is 4.79 Å². The van der Waals surface area contributed by atoms with Gasteiger partial charge in [0.15, 0.2) is 0 Å². The fourth-order valence-electron chi connectivity index (χ4n) is 2.45. The highest BCUT2D eigenvalue weighted by Gasteiger charge is 2.06. The predicted molar refractivity (Wildman–Crippen MR) is 101 cm³/mol. The molecule has 0 aliphatic carbocycles. The van der Waals surface area contributed by atoms with E-state index in [2.05, 4.69) is 43.4 Å². The van der Waals surface area contributed by atoms with E-state index in [9.17, 15) is 4.79 Å². The first-order valence-electron chi connectivity index (χ1n) is 9.33. The van der Waals surface area contributed by atoms with Crippen molar-refractivity contribution < 1.29 is 9.90 Å². The molecule has 0 aliphatic heterocycles. The smallest absolute Gasteiger partial charge is 0.303 e. The maximum absolute atomic E-state index is 10.5. The van der Waals surface area contributed by atoms with Crippen molar-refractivity contribution in [3.63, 3.8) is 0 Å². The highest BCUT2D eigenvalue weighted by atomic mass is 16.4. The molecule has 0 aromatic rings. The number of hydrogen-bond donors (Lipinski definition) is 1. The number of aliphatic carboxylic acids is 1. The van der Waals surface area contributed by atoms with Crippen molar-refractivity contribution in [2.24, 2.45) is 5.92 Å². The third-order valence-corrected chi connectivity index (χ3v) is 3.86. The Morgan fingerprint density at radius 2 is 1.39 bits per heavy atom. The lowest BCUT2D eigenvalue weighted by atomic mass is 10.00. The Balaban J connectivity index is 3.40. The van der Waals surface area contributed by atoms with E-state index in [1.54, 1.807) is 0 Å². The summed E-state index contributed by atoms with van der Waals surface area (Å²) in [6, 6.07) is 0. The molecule has 132 valence electrons. The van der Waals surface area contributed by atoms with Gasteiger partial charge in [0.05, 0.1) is 0 Å². The van der Waals surface area contributed by atoms with E-state index in [4.69, 9.17) is 5.11 Å². The molecule has 0 aromatic heterocycles. The van der Waals surface area contributed by atoms with Crippen LogP contribution in [0.2, 0.25) is 0 Å².